The van der Waals surface area contributed by atoms with Crippen LogP contribution in [0.15, 0.2) is 141 Å². The summed E-state index contributed by atoms with van der Waals surface area (Å²) in [6, 6.07) is 21.3. The lowest BCUT2D eigenvalue weighted by molar-refractivity contribution is -0.138. The van der Waals surface area contributed by atoms with E-state index < -0.39 is 53.1 Å². The van der Waals surface area contributed by atoms with Crippen LogP contribution in [0.3, 0.4) is 0 Å². The van der Waals surface area contributed by atoms with Gasteiger partial charge < -0.3 is 19.5 Å². The minimum absolute atomic E-state index is 0.00187. The van der Waals surface area contributed by atoms with Gasteiger partial charge in [-0.1, -0.05) is 29.8 Å². The average molecular weight is 1010 g/mol. The Bertz CT molecular complexity index is 3930. The Labute approximate surface area is 402 Å². The summed E-state index contributed by atoms with van der Waals surface area (Å²) in [6.45, 7) is 0. The van der Waals surface area contributed by atoms with E-state index in [9.17, 15) is 45.5 Å². The van der Waals surface area contributed by atoms with Gasteiger partial charge in [0.05, 0.1) is 75.3 Å². The quantitative estimate of drug-likeness (QED) is 0.0668. The summed E-state index contributed by atoms with van der Waals surface area (Å²) in [5.41, 5.74) is -2.80. The Balaban J connectivity index is 0.000000162. The van der Waals surface area contributed by atoms with Gasteiger partial charge in [0.15, 0.2) is 0 Å². The van der Waals surface area contributed by atoms with Gasteiger partial charge in [-0.05, 0) is 72.8 Å². The molecule has 0 bridgehead atoms. The van der Waals surface area contributed by atoms with E-state index in [2.05, 4.69) is 39.9 Å². The van der Waals surface area contributed by atoms with E-state index in [1.165, 1.54) is 81.5 Å². The van der Waals surface area contributed by atoms with Gasteiger partial charge in [-0.25, -0.2) is 29.5 Å². The highest BCUT2D eigenvalue weighted by molar-refractivity contribution is 6.58. The molecule has 0 aliphatic rings. The predicted molar refractivity (Wildman–Crippen MR) is 252 cm³/mol. The van der Waals surface area contributed by atoms with Crippen LogP contribution in [0.1, 0.15) is 11.1 Å². The monoisotopic (exact) mass is 1010 g/mol. The summed E-state index contributed by atoms with van der Waals surface area (Å²) in [5, 5.41) is 17.4. The van der Waals surface area contributed by atoms with Crippen LogP contribution in [0.2, 0.25) is 5.15 Å². The van der Waals surface area contributed by atoms with Crippen LogP contribution in [0, 0.1) is 0 Å². The molecule has 0 spiro atoms. The first-order chi connectivity index (χ1) is 34.2. The van der Waals surface area contributed by atoms with E-state index in [4.69, 9.17) is 31.1 Å². The predicted octanol–water partition coefficient (Wildman–Crippen LogP) is 5.78. The van der Waals surface area contributed by atoms with E-state index in [0.29, 0.717) is 39.5 Å². The highest BCUT2D eigenvalue weighted by Gasteiger charge is 2.32. The Kier molecular flexibility index (Phi) is 13.7. The molecule has 10 aromatic rings. The second-order valence-electron chi connectivity index (χ2n) is 15.0. The maximum absolute atomic E-state index is 13.3. The minimum atomic E-state index is -4.62. The third-order valence-electron chi connectivity index (χ3n) is 10.5. The van der Waals surface area contributed by atoms with Crippen molar-refractivity contribution in [1.82, 2.24) is 49.0 Å². The van der Waals surface area contributed by atoms with Gasteiger partial charge >= 0.3 is 30.9 Å². The lowest BCUT2D eigenvalue weighted by Gasteiger charge is -2.14. The number of benzene rings is 2. The molecule has 0 radical (unpaired) electrons. The molecule has 4 N–H and O–H groups in total. The first-order valence-corrected chi connectivity index (χ1v) is 20.9. The number of hydrogen-bond acceptors (Lipinski definition) is 14. The Hall–Kier alpha value is -8.81. The molecule has 0 saturated heterocycles. The topological polar surface area (TPSA) is 246 Å². The molecule has 26 heteroatoms. The van der Waals surface area contributed by atoms with E-state index in [0.717, 1.165) is 33.4 Å². The molecule has 364 valence electrons. The number of ether oxygens (including phenoxy) is 2. The summed E-state index contributed by atoms with van der Waals surface area (Å²) in [4.78, 5) is 79.2. The number of hydrogen-bond donors (Lipinski definition) is 4. The molecule has 0 amide bonds. The van der Waals surface area contributed by atoms with E-state index in [1.807, 2.05) is 0 Å². The van der Waals surface area contributed by atoms with Crippen LogP contribution in [-0.4, -0.2) is 80.4 Å². The van der Waals surface area contributed by atoms with Gasteiger partial charge in [-0.15, -0.1) is 0 Å². The zero-order chi connectivity index (χ0) is 51.6. The fourth-order valence-electron chi connectivity index (χ4n) is 7.12. The van der Waals surface area contributed by atoms with Crippen LogP contribution in [0.5, 0.6) is 11.8 Å². The first-order valence-electron chi connectivity index (χ1n) is 20.5. The average Bonchev–Trinajstić information content (AvgIpc) is 3.36. The number of alkyl halides is 6. The van der Waals surface area contributed by atoms with Crippen molar-refractivity contribution in [3.63, 3.8) is 0 Å². The molecule has 0 aliphatic carbocycles. The molecule has 0 fully saturated rings. The van der Waals surface area contributed by atoms with Crippen molar-refractivity contribution in [1.29, 1.82) is 0 Å². The molecule has 0 aliphatic heterocycles. The maximum atomic E-state index is 13.3. The highest BCUT2D eigenvalue weighted by atomic mass is 35.5. The number of aromatic nitrogens is 10. The molecular weight excluding hydrogens is 981 g/mol. The minimum Gasteiger partial charge on any atom is -0.481 e. The lowest BCUT2D eigenvalue weighted by Crippen LogP contribution is -2.29. The smallest absolute Gasteiger partial charge is 0.481 e. The number of rotatable bonds is 6. The van der Waals surface area contributed by atoms with Crippen molar-refractivity contribution in [2.24, 2.45) is 0 Å². The molecule has 10 rings (SSSR count). The molecule has 8 heterocycles. The second-order valence-corrected chi connectivity index (χ2v) is 15.4. The maximum Gasteiger partial charge on any atom is 0.490 e. The van der Waals surface area contributed by atoms with Gasteiger partial charge in [-0.2, -0.15) is 26.3 Å². The summed E-state index contributed by atoms with van der Waals surface area (Å²) in [7, 11) is 1.52. The molecule has 0 atom stereocenters. The van der Waals surface area contributed by atoms with E-state index in [1.54, 1.807) is 30.3 Å². The summed E-state index contributed by atoms with van der Waals surface area (Å²) >= 11 is 5.92. The van der Waals surface area contributed by atoms with Crippen LogP contribution in [0.25, 0.3) is 66.5 Å². The SMILES string of the molecule is COc1ccc(-c2ccc3ncc4c(=O)[nH]c(=O)n(-c5cccc(C(F)(F)F)c5)c4c3n2)cn1.COc1ccc(B(O)O)cn1.O=c1[nH]c(=O)n(-c2cccc(C(F)(F)F)c2)c2c1cnc1ccc(Cl)nc12. The normalized spacial score (nSPS) is 11.5. The van der Waals surface area contributed by atoms with Gasteiger partial charge in [0.25, 0.3) is 11.1 Å². The van der Waals surface area contributed by atoms with Gasteiger partial charge in [-0.3, -0.25) is 38.7 Å². The Morgan fingerprint density at radius 1 is 0.583 bits per heavy atom. The largest absolute Gasteiger partial charge is 0.490 e. The number of pyridine rings is 6. The number of halogens is 7. The van der Waals surface area contributed by atoms with Crippen LogP contribution < -0.4 is 37.4 Å². The number of nitrogens with one attached hydrogen (secondary N) is 2. The number of H-pyrrole nitrogens is 2. The van der Waals surface area contributed by atoms with Crippen molar-refractivity contribution in [2.75, 3.05) is 14.2 Å². The number of fused-ring (bicyclic) bond motifs is 6. The van der Waals surface area contributed by atoms with Crippen molar-refractivity contribution in [3.8, 4) is 34.4 Å². The van der Waals surface area contributed by atoms with E-state index in [-0.39, 0.29) is 49.4 Å². The second kappa shape index (κ2) is 19.9. The molecule has 8 aromatic heterocycles. The number of aromatic amines is 2. The molecule has 18 nitrogen and oxygen atoms in total. The zero-order valence-corrected chi connectivity index (χ0v) is 37.4. The third-order valence-corrected chi connectivity index (χ3v) is 10.7. The van der Waals surface area contributed by atoms with Crippen molar-refractivity contribution in [3.05, 3.63) is 180 Å². The fraction of sp³-hybridized carbons (Fsp3) is 0.0870. The van der Waals surface area contributed by atoms with Crippen LogP contribution in [0.4, 0.5) is 26.3 Å². The van der Waals surface area contributed by atoms with Gasteiger partial charge in [0.1, 0.15) is 16.2 Å². The van der Waals surface area contributed by atoms with E-state index >= 15 is 0 Å². The van der Waals surface area contributed by atoms with Crippen molar-refractivity contribution >= 4 is 68.1 Å². The highest BCUT2D eigenvalue weighted by Crippen LogP contribution is 2.33. The molecule has 72 heavy (non-hydrogen) atoms. The molecule has 0 saturated carbocycles. The van der Waals surface area contributed by atoms with Crippen LogP contribution >= 0.6 is 11.6 Å². The fourth-order valence-corrected chi connectivity index (χ4v) is 7.27. The van der Waals surface area contributed by atoms with Crippen molar-refractivity contribution < 1.29 is 45.9 Å². The van der Waals surface area contributed by atoms with Crippen LogP contribution in [-0.2, 0) is 12.4 Å². The van der Waals surface area contributed by atoms with Crippen molar-refractivity contribution in [2.45, 2.75) is 12.4 Å². The lowest BCUT2D eigenvalue weighted by atomic mass is 9.82. The number of methoxy groups -OCH3 is 2. The first kappa shape index (κ1) is 49.6. The molecule has 2 aromatic carbocycles. The summed E-state index contributed by atoms with van der Waals surface area (Å²) < 4.78 is 91.0. The molecular formula is C46H30BClF6N10O8. The summed E-state index contributed by atoms with van der Waals surface area (Å²) in [5.74, 6) is 0.857. The molecule has 0 unspecified atom stereocenters. The standard InChI is InChI=1S/C23H14F3N5O3.C17H8ClF3N4O2.C6H8BNO3/c1-34-18-8-5-12(10-28-18)16-6-7-17-19(29-16)20-15(11-27-17)21(32)30-22(33)31(20)14-4-2-3-13(9-14)23(24,25)26;18-12-5-4-11-13(23-12)14-10(7-22-11)15(26)24-16(27)25(14)9-3-1-2-8(6-9)17(19,20)21;1-11-6-3-2-5(4-8-6)7(9)10/h2-11H,1H3,(H,30,32,33);1-7H,(H,24,26,27);2-4,9-10H,1H3. The third kappa shape index (κ3) is 10.2. The van der Waals surface area contributed by atoms with Gasteiger partial charge in [0.2, 0.25) is 11.8 Å². The Morgan fingerprint density at radius 2 is 1.07 bits per heavy atom. The number of nitrogens with zero attached hydrogens (tertiary/aromatic N) is 8. The zero-order valence-electron chi connectivity index (χ0n) is 36.7. The summed E-state index contributed by atoms with van der Waals surface area (Å²) in [6.07, 6.45) is -3.83. The Morgan fingerprint density at radius 3 is 1.51 bits per heavy atom. The van der Waals surface area contributed by atoms with Gasteiger partial charge in [0, 0.05) is 41.9 Å².